The van der Waals surface area contributed by atoms with Crippen molar-refractivity contribution in [1.82, 2.24) is 0 Å². The number of hydrogen-bond donors (Lipinski definition) is 0. The van der Waals surface area contributed by atoms with Crippen LogP contribution in [0.15, 0.2) is 16.6 Å². The van der Waals surface area contributed by atoms with E-state index >= 15 is 0 Å². The molecule has 17 heavy (non-hydrogen) atoms. The van der Waals surface area contributed by atoms with Crippen molar-refractivity contribution in [3.63, 3.8) is 0 Å². The van der Waals surface area contributed by atoms with Crippen LogP contribution < -0.4 is 0 Å². The maximum absolute atomic E-state index is 13.7. The molecular weight excluding hydrogens is 327 g/mol. The van der Waals surface area contributed by atoms with Crippen molar-refractivity contribution >= 4 is 45.1 Å². The minimum Gasteiger partial charge on any atom is -0.293 e. The van der Waals surface area contributed by atoms with Gasteiger partial charge in [0.1, 0.15) is 0 Å². The van der Waals surface area contributed by atoms with Gasteiger partial charge in [0.05, 0.1) is 16.3 Å². The van der Waals surface area contributed by atoms with E-state index < -0.39 is 5.82 Å². The van der Waals surface area contributed by atoms with Gasteiger partial charge in [0.25, 0.3) is 0 Å². The van der Waals surface area contributed by atoms with Gasteiger partial charge in [-0.1, -0.05) is 25.4 Å². The van der Waals surface area contributed by atoms with Crippen LogP contribution in [0.5, 0.6) is 0 Å². The molecule has 94 valence electrons. The van der Waals surface area contributed by atoms with E-state index in [1.807, 2.05) is 0 Å². The van der Waals surface area contributed by atoms with Crippen molar-refractivity contribution in [2.45, 2.75) is 13.8 Å². The highest BCUT2D eigenvalue weighted by Crippen LogP contribution is 2.28. The maximum atomic E-state index is 13.7. The summed E-state index contributed by atoms with van der Waals surface area (Å²) in [5.74, 6) is 0.829. The maximum Gasteiger partial charge on any atom is 0.175 e. The molecule has 0 aromatic heterocycles. The van der Waals surface area contributed by atoms with Crippen LogP contribution in [0.2, 0.25) is 5.02 Å². The molecule has 0 radical (unpaired) electrons. The van der Waals surface area contributed by atoms with Crippen LogP contribution in [0.25, 0.3) is 0 Å². The number of carbonyl (C=O) groups excluding carboxylic acids is 1. The molecule has 0 saturated heterocycles. The zero-order chi connectivity index (χ0) is 13.0. The van der Waals surface area contributed by atoms with Crippen molar-refractivity contribution in [2.24, 2.45) is 5.92 Å². The lowest BCUT2D eigenvalue weighted by Gasteiger charge is -2.06. The summed E-state index contributed by atoms with van der Waals surface area (Å²) in [4.78, 5) is 11.8. The summed E-state index contributed by atoms with van der Waals surface area (Å²) in [6.07, 6.45) is 0. The Morgan fingerprint density at radius 3 is 2.76 bits per heavy atom. The average molecular weight is 340 g/mol. The second kappa shape index (κ2) is 6.76. The number of Topliss-reactive ketones (excluding diaryl/α,β-unsaturated/α-hetero) is 1. The van der Waals surface area contributed by atoms with Crippen molar-refractivity contribution < 1.29 is 9.18 Å². The van der Waals surface area contributed by atoms with Crippen LogP contribution in [-0.2, 0) is 0 Å². The molecule has 1 rings (SSSR count). The van der Waals surface area contributed by atoms with E-state index in [4.69, 9.17) is 11.6 Å². The van der Waals surface area contributed by atoms with Gasteiger partial charge in [-0.15, -0.1) is 0 Å². The number of ketones is 1. The Bertz CT molecular complexity index is 423. The number of carbonyl (C=O) groups is 1. The van der Waals surface area contributed by atoms with E-state index in [9.17, 15) is 9.18 Å². The summed E-state index contributed by atoms with van der Waals surface area (Å²) in [6, 6.07) is 3.05. The van der Waals surface area contributed by atoms with E-state index in [-0.39, 0.29) is 22.1 Å². The fraction of sp³-hybridized carbons (Fsp3) is 0.417. The van der Waals surface area contributed by atoms with Crippen molar-refractivity contribution in [1.29, 1.82) is 0 Å². The van der Waals surface area contributed by atoms with Crippen LogP contribution >= 0.6 is 39.3 Å². The zero-order valence-corrected chi connectivity index (χ0v) is 12.8. The fourth-order valence-electron chi connectivity index (χ4n) is 1.21. The second-order valence-electron chi connectivity index (χ2n) is 4.06. The molecule has 1 aromatic rings. The molecule has 0 unspecified atom stereocenters. The molecular formula is C12H13BrClFOS. The average Bonchev–Trinajstić information content (AvgIpc) is 2.25. The van der Waals surface area contributed by atoms with Gasteiger partial charge in [-0.2, -0.15) is 11.8 Å². The van der Waals surface area contributed by atoms with Gasteiger partial charge in [0, 0.05) is 4.47 Å². The Balaban J connectivity index is 2.73. The monoisotopic (exact) mass is 338 g/mol. The number of benzene rings is 1. The Kier molecular flexibility index (Phi) is 5.97. The molecule has 0 heterocycles. The standard InChI is InChI=1S/C12H13BrClFOS/c1-7(2)5-17-6-10(16)8-3-4-9(13)11(14)12(8)15/h3-4,7H,5-6H2,1-2H3. The molecule has 0 spiro atoms. The van der Waals surface area contributed by atoms with Crippen molar-refractivity contribution in [3.05, 3.63) is 33.0 Å². The smallest absolute Gasteiger partial charge is 0.175 e. The summed E-state index contributed by atoms with van der Waals surface area (Å²) >= 11 is 10.4. The van der Waals surface area contributed by atoms with E-state index in [2.05, 4.69) is 29.8 Å². The van der Waals surface area contributed by atoms with Gasteiger partial charge < -0.3 is 0 Å². The van der Waals surface area contributed by atoms with Gasteiger partial charge in [-0.3, -0.25) is 4.79 Å². The van der Waals surface area contributed by atoms with E-state index in [1.54, 1.807) is 6.07 Å². The molecule has 0 N–H and O–H groups in total. The largest absolute Gasteiger partial charge is 0.293 e. The van der Waals surface area contributed by atoms with Crippen LogP contribution in [-0.4, -0.2) is 17.3 Å². The third kappa shape index (κ3) is 4.27. The van der Waals surface area contributed by atoms with Gasteiger partial charge in [0.15, 0.2) is 11.6 Å². The highest BCUT2D eigenvalue weighted by Gasteiger charge is 2.16. The Morgan fingerprint density at radius 1 is 1.53 bits per heavy atom. The lowest BCUT2D eigenvalue weighted by molar-refractivity contribution is 0.101. The summed E-state index contributed by atoms with van der Waals surface area (Å²) < 4.78 is 14.2. The Morgan fingerprint density at radius 2 is 2.18 bits per heavy atom. The van der Waals surface area contributed by atoms with Crippen LogP contribution in [0.1, 0.15) is 24.2 Å². The van der Waals surface area contributed by atoms with Gasteiger partial charge in [0.2, 0.25) is 0 Å². The predicted octanol–water partition coefficient (Wildman–Crippen LogP) is 4.81. The first-order valence-corrected chi connectivity index (χ1v) is 7.50. The first-order valence-electron chi connectivity index (χ1n) is 5.18. The summed E-state index contributed by atoms with van der Waals surface area (Å²) in [5.41, 5.74) is 0.0643. The second-order valence-corrected chi connectivity index (χ2v) is 6.32. The number of halogens is 3. The topological polar surface area (TPSA) is 17.1 Å². The summed E-state index contributed by atoms with van der Waals surface area (Å²) in [7, 11) is 0. The third-order valence-corrected chi connectivity index (χ3v) is 4.65. The SMILES string of the molecule is CC(C)CSCC(=O)c1ccc(Br)c(Cl)c1F. The molecule has 0 aliphatic heterocycles. The van der Waals surface area contributed by atoms with Crippen LogP contribution in [0.4, 0.5) is 4.39 Å². The van der Waals surface area contributed by atoms with Crippen molar-refractivity contribution in [2.75, 3.05) is 11.5 Å². The molecule has 5 heteroatoms. The molecule has 0 atom stereocenters. The quantitative estimate of drug-likeness (QED) is 0.565. The normalized spacial score (nSPS) is 10.9. The molecule has 0 saturated carbocycles. The summed E-state index contributed by atoms with van der Waals surface area (Å²) in [6.45, 7) is 4.16. The molecule has 1 nitrogen and oxygen atoms in total. The minimum atomic E-state index is -0.642. The molecule has 0 amide bonds. The lowest BCUT2D eigenvalue weighted by Crippen LogP contribution is -2.07. The Hall–Kier alpha value is -0.0600. The molecule has 0 bridgehead atoms. The van der Waals surface area contributed by atoms with Crippen molar-refractivity contribution in [3.8, 4) is 0 Å². The fourth-order valence-corrected chi connectivity index (χ4v) is 2.61. The van der Waals surface area contributed by atoms with E-state index in [0.29, 0.717) is 10.4 Å². The molecule has 1 aromatic carbocycles. The third-order valence-electron chi connectivity index (χ3n) is 2.02. The number of thioether (sulfide) groups is 1. The summed E-state index contributed by atoms with van der Waals surface area (Å²) in [5, 5.41) is -0.0373. The van der Waals surface area contributed by atoms with E-state index in [0.717, 1.165) is 5.75 Å². The highest BCUT2D eigenvalue weighted by atomic mass is 79.9. The van der Waals surface area contributed by atoms with Crippen LogP contribution in [0, 0.1) is 11.7 Å². The highest BCUT2D eigenvalue weighted by molar-refractivity contribution is 9.10. The number of rotatable bonds is 5. The first-order chi connectivity index (χ1) is 7.93. The van der Waals surface area contributed by atoms with E-state index in [1.165, 1.54) is 17.8 Å². The Labute approximate surface area is 118 Å². The first kappa shape index (κ1) is 15.0. The number of hydrogen-bond acceptors (Lipinski definition) is 2. The molecule has 0 fully saturated rings. The lowest BCUT2D eigenvalue weighted by atomic mass is 10.1. The molecule has 0 aliphatic carbocycles. The van der Waals surface area contributed by atoms with Gasteiger partial charge in [-0.05, 0) is 39.7 Å². The zero-order valence-electron chi connectivity index (χ0n) is 9.60. The van der Waals surface area contributed by atoms with Gasteiger partial charge in [-0.25, -0.2) is 4.39 Å². The minimum absolute atomic E-state index is 0.0373. The van der Waals surface area contributed by atoms with Crippen LogP contribution in [0.3, 0.4) is 0 Å². The van der Waals surface area contributed by atoms with Gasteiger partial charge >= 0.3 is 0 Å². The molecule has 0 aliphatic rings. The predicted molar refractivity (Wildman–Crippen MR) is 75.6 cm³/mol.